The highest BCUT2D eigenvalue weighted by Gasteiger charge is 2.11. The molecule has 0 radical (unpaired) electrons. The first-order valence-electron chi connectivity index (χ1n) is 7.07. The van der Waals surface area contributed by atoms with Gasteiger partial charge >= 0.3 is 0 Å². The van der Waals surface area contributed by atoms with Crippen LogP contribution in [0.4, 0.5) is 11.4 Å². The molecule has 0 unspecified atom stereocenters. The second-order valence-corrected chi connectivity index (χ2v) is 4.89. The van der Waals surface area contributed by atoms with Crippen LogP contribution in [0.2, 0.25) is 0 Å². The molecule has 0 saturated carbocycles. The summed E-state index contributed by atoms with van der Waals surface area (Å²) in [6.45, 7) is 3.13. The summed E-state index contributed by atoms with van der Waals surface area (Å²) in [6.07, 6.45) is 4.27. The SMILES string of the molecule is O=C(NCCCn1ccnn1)c1ccc2c(c1)NCCN2. The first kappa shape index (κ1) is 13.4. The fourth-order valence-corrected chi connectivity index (χ4v) is 2.28. The second kappa shape index (κ2) is 6.25. The van der Waals surface area contributed by atoms with E-state index in [0.717, 1.165) is 37.4 Å². The molecule has 2 heterocycles. The van der Waals surface area contributed by atoms with Gasteiger partial charge in [-0.2, -0.15) is 0 Å². The Kier molecular flexibility index (Phi) is 3.99. The molecule has 0 saturated heterocycles. The Morgan fingerprint density at radius 3 is 2.95 bits per heavy atom. The molecule has 1 aromatic heterocycles. The van der Waals surface area contributed by atoms with Gasteiger partial charge in [0.15, 0.2) is 0 Å². The van der Waals surface area contributed by atoms with Gasteiger partial charge in [-0.05, 0) is 24.6 Å². The number of nitrogens with one attached hydrogen (secondary N) is 3. The van der Waals surface area contributed by atoms with Gasteiger partial charge in [0, 0.05) is 37.9 Å². The van der Waals surface area contributed by atoms with E-state index in [1.807, 2.05) is 24.4 Å². The molecular formula is C14H18N6O. The average Bonchev–Trinajstić information content (AvgIpc) is 3.04. The highest BCUT2D eigenvalue weighted by atomic mass is 16.1. The van der Waals surface area contributed by atoms with E-state index in [0.29, 0.717) is 12.1 Å². The van der Waals surface area contributed by atoms with Gasteiger partial charge in [-0.3, -0.25) is 9.48 Å². The van der Waals surface area contributed by atoms with Crippen molar-refractivity contribution < 1.29 is 4.79 Å². The van der Waals surface area contributed by atoms with Crippen LogP contribution in [-0.2, 0) is 6.54 Å². The molecule has 3 N–H and O–H groups in total. The Morgan fingerprint density at radius 1 is 1.29 bits per heavy atom. The molecule has 1 aromatic carbocycles. The third-order valence-corrected chi connectivity index (χ3v) is 3.36. The summed E-state index contributed by atoms with van der Waals surface area (Å²) >= 11 is 0. The Morgan fingerprint density at radius 2 is 2.14 bits per heavy atom. The number of hydrogen-bond acceptors (Lipinski definition) is 5. The van der Waals surface area contributed by atoms with Crippen LogP contribution >= 0.6 is 0 Å². The number of anilines is 2. The molecule has 7 heteroatoms. The molecule has 0 fully saturated rings. The Balaban J connectivity index is 1.51. The summed E-state index contributed by atoms with van der Waals surface area (Å²) < 4.78 is 1.75. The zero-order valence-electron chi connectivity index (χ0n) is 11.7. The van der Waals surface area contributed by atoms with Gasteiger partial charge in [0.1, 0.15) is 0 Å². The lowest BCUT2D eigenvalue weighted by Crippen LogP contribution is -2.26. The van der Waals surface area contributed by atoms with E-state index in [2.05, 4.69) is 26.3 Å². The van der Waals surface area contributed by atoms with Crippen molar-refractivity contribution in [1.82, 2.24) is 20.3 Å². The Labute approximate surface area is 122 Å². The highest BCUT2D eigenvalue weighted by Crippen LogP contribution is 2.25. The molecule has 1 aliphatic heterocycles. The van der Waals surface area contributed by atoms with Gasteiger partial charge in [-0.25, -0.2) is 0 Å². The standard InChI is InChI=1S/C14H18N6O/c21-14(17-4-1-8-20-9-7-18-19-20)11-2-3-12-13(10-11)16-6-5-15-12/h2-3,7,9-10,15-16H,1,4-6,8H2,(H,17,21). The maximum Gasteiger partial charge on any atom is 0.251 e. The van der Waals surface area contributed by atoms with Crippen molar-refractivity contribution >= 4 is 17.3 Å². The summed E-state index contributed by atoms with van der Waals surface area (Å²) in [6, 6.07) is 5.66. The zero-order valence-corrected chi connectivity index (χ0v) is 11.7. The van der Waals surface area contributed by atoms with Crippen molar-refractivity contribution in [3.63, 3.8) is 0 Å². The predicted molar refractivity (Wildman–Crippen MR) is 80.4 cm³/mol. The summed E-state index contributed by atoms with van der Waals surface area (Å²) in [5.41, 5.74) is 2.70. The summed E-state index contributed by atoms with van der Waals surface area (Å²) in [4.78, 5) is 12.1. The lowest BCUT2D eigenvalue weighted by Gasteiger charge is -2.20. The average molecular weight is 286 g/mol. The van der Waals surface area contributed by atoms with Gasteiger partial charge in [0.2, 0.25) is 0 Å². The van der Waals surface area contributed by atoms with Crippen LogP contribution in [0.15, 0.2) is 30.6 Å². The number of nitrogens with zero attached hydrogens (tertiary/aromatic N) is 3. The summed E-state index contributed by atoms with van der Waals surface area (Å²) in [7, 11) is 0. The minimum absolute atomic E-state index is 0.0521. The van der Waals surface area contributed by atoms with Crippen LogP contribution in [0.5, 0.6) is 0 Å². The number of hydrogen-bond donors (Lipinski definition) is 3. The van der Waals surface area contributed by atoms with Crippen LogP contribution in [-0.4, -0.2) is 40.5 Å². The van der Waals surface area contributed by atoms with Gasteiger partial charge in [0.25, 0.3) is 5.91 Å². The fourth-order valence-electron chi connectivity index (χ4n) is 2.28. The van der Waals surface area contributed by atoms with Crippen molar-refractivity contribution in [1.29, 1.82) is 0 Å². The van der Waals surface area contributed by atoms with Crippen LogP contribution in [0, 0.1) is 0 Å². The molecule has 1 amide bonds. The van der Waals surface area contributed by atoms with Crippen molar-refractivity contribution in [2.75, 3.05) is 30.3 Å². The van der Waals surface area contributed by atoms with Crippen molar-refractivity contribution in [2.45, 2.75) is 13.0 Å². The number of aromatic nitrogens is 3. The minimum Gasteiger partial charge on any atom is -0.382 e. The first-order chi connectivity index (χ1) is 10.3. The molecule has 3 rings (SSSR count). The Hall–Kier alpha value is -2.57. The number of rotatable bonds is 5. The molecule has 7 nitrogen and oxygen atoms in total. The first-order valence-corrected chi connectivity index (χ1v) is 7.07. The van der Waals surface area contributed by atoms with Crippen molar-refractivity contribution in [3.8, 4) is 0 Å². The Bertz CT molecular complexity index is 610. The molecular weight excluding hydrogens is 268 g/mol. The van der Waals surface area contributed by atoms with E-state index in [1.165, 1.54) is 0 Å². The number of carbonyl (C=O) groups is 1. The maximum absolute atomic E-state index is 12.1. The van der Waals surface area contributed by atoms with Crippen LogP contribution in [0.3, 0.4) is 0 Å². The third kappa shape index (κ3) is 3.31. The van der Waals surface area contributed by atoms with E-state index in [9.17, 15) is 4.79 Å². The lowest BCUT2D eigenvalue weighted by molar-refractivity contribution is 0.0952. The maximum atomic E-state index is 12.1. The zero-order chi connectivity index (χ0) is 14.5. The molecule has 2 aromatic rings. The number of aryl methyl sites for hydroxylation is 1. The molecule has 0 aliphatic carbocycles. The topological polar surface area (TPSA) is 83.9 Å². The van der Waals surface area contributed by atoms with Crippen LogP contribution in [0.1, 0.15) is 16.8 Å². The minimum atomic E-state index is -0.0521. The molecule has 0 bridgehead atoms. The number of benzene rings is 1. The van der Waals surface area contributed by atoms with Crippen molar-refractivity contribution in [3.05, 3.63) is 36.2 Å². The fraction of sp³-hybridized carbons (Fsp3) is 0.357. The van der Waals surface area contributed by atoms with E-state index in [4.69, 9.17) is 0 Å². The monoisotopic (exact) mass is 286 g/mol. The predicted octanol–water partition coefficient (Wildman–Crippen LogP) is 0.936. The smallest absolute Gasteiger partial charge is 0.251 e. The van der Waals surface area contributed by atoms with Crippen molar-refractivity contribution in [2.24, 2.45) is 0 Å². The van der Waals surface area contributed by atoms with Gasteiger partial charge in [-0.15, -0.1) is 5.10 Å². The summed E-state index contributed by atoms with van der Waals surface area (Å²) in [5, 5.41) is 17.1. The van der Waals surface area contributed by atoms with E-state index >= 15 is 0 Å². The molecule has 1 aliphatic rings. The number of fused-ring (bicyclic) bond motifs is 1. The van der Waals surface area contributed by atoms with E-state index in [1.54, 1.807) is 10.9 Å². The van der Waals surface area contributed by atoms with Crippen LogP contribution < -0.4 is 16.0 Å². The van der Waals surface area contributed by atoms with Crippen LogP contribution in [0.25, 0.3) is 0 Å². The largest absolute Gasteiger partial charge is 0.382 e. The highest BCUT2D eigenvalue weighted by molar-refractivity contribution is 5.96. The molecule has 0 atom stereocenters. The van der Waals surface area contributed by atoms with Gasteiger partial charge in [-0.1, -0.05) is 5.21 Å². The second-order valence-electron chi connectivity index (χ2n) is 4.89. The summed E-state index contributed by atoms with van der Waals surface area (Å²) in [5.74, 6) is -0.0521. The molecule has 110 valence electrons. The number of amides is 1. The third-order valence-electron chi connectivity index (χ3n) is 3.36. The normalized spacial score (nSPS) is 13.0. The molecule has 21 heavy (non-hydrogen) atoms. The lowest BCUT2D eigenvalue weighted by atomic mass is 10.1. The van der Waals surface area contributed by atoms with Gasteiger partial charge in [0.05, 0.1) is 17.6 Å². The number of carbonyl (C=O) groups excluding carboxylic acids is 1. The quantitative estimate of drug-likeness (QED) is 0.712. The van der Waals surface area contributed by atoms with Gasteiger partial charge < -0.3 is 16.0 Å². The molecule has 0 spiro atoms. The van der Waals surface area contributed by atoms with E-state index < -0.39 is 0 Å². The van der Waals surface area contributed by atoms with E-state index in [-0.39, 0.29) is 5.91 Å².